The summed E-state index contributed by atoms with van der Waals surface area (Å²) in [7, 11) is 1.67. The number of hydrogen-bond donors (Lipinski definition) is 2. The summed E-state index contributed by atoms with van der Waals surface area (Å²) in [5.41, 5.74) is 0.781. The first-order chi connectivity index (χ1) is 10.6. The third kappa shape index (κ3) is 5.00. The number of carbonyl (C=O) groups is 1. The molecule has 2 rings (SSSR count). The van der Waals surface area contributed by atoms with Crippen LogP contribution < -0.4 is 15.4 Å². The van der Waals surface area contributed by atoms with Gasteiger partial charge in [0, 0.05) is 19.3 Å². The summed E-state index contributed by atoms with van der Waals surface area (Å²) in [5.74, 6) is 1.44. The predicted molar refractivity (Wildman–Crippen MR) is 87.2 cm³/mol. The average Bonchev–Trinajstić information content (AvgIpc) is 2.98. The summed E-state index contributed by atoms with van der Waals surface area (Å²) < 4.78 is 10.9. The van der Waals surface area contributed by atoms with E-state index in [0.717, 1.165) is 24.4 Å². The standard InChI is InChI=1S/C17H26N2O3/c1-12(2)8-9-22-14-6-4-13(5-7-14)19-17(20)16-10-15(21-3)11-18-16/h4-7,12,15-16,18H,8-11H2,1-3H3,(H,19,20)/t15-,16+/m0/s1. The molecule has 1 saturated heterocycles. The molecule has 22 heavy (non-hydrogen) atoms. The molecule has 0 saturated carbocycles. The van der Waals surface area contributed by atoms with Gasteiger partial charge in [-0.2, -0.15) is 0 Å². The highest BCUT2D eigenvalue weighted by molar-refractivity contribution is 5.95. The van der Waals surface area contributed by atoms with Crippen LogP contribution in [0.2, 0.25) is 0 Å². The van der Waals surface area contributed by atoms with Crippen molar-refractivity contribution in [1.29, 1.82) is 0 Å². The Morgan fingerprint density at radius 3 is 2.68 bits per heavy atom. The minimum atomic E-state index is -0.188. The first kappa shape index (κ1) is 16.8. The van der Waals surface area contributed by atoms with Gasteiger partial charge in [0.2, 0.25) is 5.91 Å². The maximum absolute atomic E-state index is 12.1. The lowest BCUT2D eigenvalue weighted by Crippen LogP contribution is -2.35. The Hall–Kier alpha value is -1.59. The number of ether oxygens (including phenoxy) is 2. The van der Waals surface area contributed by atoms with Crippen LogP contribution in [0.4, 0.5) is 5.69 Å². The van der Waals surface area contributed by atoms with Crippen molar-refractivity contribution < 1.29 is 14.3 Å². The normalized spacial score (nSPS) is 21.1. The van der Waals surface area contributed by atoms with Crippen LogP contribution in [-0.2, 0) is 9.53 Å². The fourth-order valence-electron chi connectivity index (χ4n) is 2.36. The molecule has 122 valence electrons. The Kier molecular flexibility index (Phi) is 6.21. The maximum Gasteiger partial charge on any atom is 0.241 e. The van der Waals surface area contributed by atoms with Crippen LogP contribution >= 0.6 is 0 Å². The third-order valence-corrected chi connectivity index (χ3v) is 3.83. The second-order valence-corrected chi connectivity index (χ2v) is 6.10. The van der Waals surface area contributed by atoms with Gasteiger partial charge in [0.1, 0.15) is 5.75 Å². The lowest BCUT2D eigenvalue weighted by Gasteiger charge is -2.12. The number of methoxy groups -OCH3 is 1. The van der Waals surface area contributed by atoms with E-state index < -0.39 is 0 Å². The van der Waals surface area contributed by atoms with Gasteiger partial charge in [-0.3, -0.25) is 4.79 Å². The van der Waals surface area contributed by atoms with E-state index in [1.54, 1.807) is 7.11 Å². The number of benzene rings is 1. The third-order valence-electron chi connectivity index (χ3n) is 3.83. The molecule has 2 atom stereocenters. The molecule has 1 heterocycles. The zero-order valence-corrected chi connectivity index (χ0v) is 13.6. The summed E-state index contributed by atoms with van der Waals surface area (Å²) in [6, 6.07) is 7.31. The highest BCUT2D eigenvalue weighted by atomic mass is 16.5. The monoisotopic (exact) mass is 306 g/mol. The van der Waals surface area contributed by atoms with Gasteiger partial charge in [0.15, 0.2) is 0 Å². The van der Waals surface area contributed by atoms with Crippen LogP contribution in [-0.4, -0.2) is 38.3 Å². The van der Waals surface area contributed by atoms with Crippen molar-refractivity contribution in [2.45, 2.75) is 38.8 Å². The minimum absolute atomic E-state index is 0.0203. The summed E-state index contributed by atoms with van der Waals surface area (Å²) in [6.45, 7) is 5.78. The topological polar surface area (TPSA) is 59.6 Å². The van der Waals surface area contributed by atoms with Gasteiger partial charge in [-0.15, -0.1) is 0 Å². The smallest absolute Gasteiger partial charge is 0.241 e. The Labute approximate surface area is 132 Å². The SMILES string of the molecule is CO[C@@H]1CN[C@@H](C(=O)Nc2ccc(OCCC(C)C)cc2)C1. The number of amides is 1. The largest absolute Gasteiger partial charge is 0.494 e. The molecule has 2 N–H and O–H groups in total. The average molecular weight is 306 g/mol. The van der Waals surface area contributed by atoms with E-state index in [1.165, 1.54) is 0 Å². The Balaban J connectivity index is 1.79. The lowest BCUT2D eigenvalue weighted by molar-refractivity contribution is -0.118. The van der Waals surface area contributed by atoms with E-state index >= 15 is 0 Å². The Morgan fingerprint density at radius 2 is 2.09 bits per heavy atom. The van der Waals surface area contributed by atoms with E-state index in [2.05, 4.69) is 24.5 Å². The van der Waals surface area contributed by atoms with Gasteiger partial charge < -0.3 is 20.1 Å². The van der Waals surface area contributed by atoms with Crippen molar-refractivity contribution in [2.75, 3.05) is 25.6 Å². The first-order valence-corrected chi connectivity index (χ1v) is 7.88. The maximum atomic E-state index is 12.1. The van der Waals surface area contributed by atoms with Crippen LogP contribution in [0, 0.1) is 5.92 Å². The van der Waals surface area contributed by atoms with Crippen molar-refractivity contribution in [3.8, 4) is 5.75 Å². The molecule has 1 aromatic carbocycles. The number of anilines is 1. The van der Waals surface area contributed by atoms with Crippen molar-refractivity contribution in [1.82, 2.24) is 5.32 Å². The van der Waals surface area contributed by atoms with Crippen molar-refractivity contribution in [2.24, 2.45) is 5.92 Å². The van der Waals surface area contributed by atoms with Gasteiger partial charge in [-0.25, -0.2) is 0 Å². The molecule has 5 heteroatoms. The number of rotatable bonds is 7. The molecule has 1 aliphatic heterocycles. The predicted octanol–water partition coefficient (Wildman–Crippen LogP) is 2.43. The van der Waals surface area contributed by atoms with Crippen LogP contribution in [0.1, 0.15) is 26.7 Å². The molecular formula is C17H26N2O3. The molecule has 0 unspecified atom stereocenters. The minimum Gasteiger partial charge on any atom is -0.494 e. The van der Waals surface area contributed by atoms with Crippen molar-refractivity contribution in [3.05, 3.63) is 24.3 Å². The molecule has 0 aliphatic carbocycles. The molecule has 1 aliphatic rings. The molecule has 0 radical (unpaired) electrons. The summed E-state index contributed by atoms with van der Waals surface area (Å²) in [6.07, 6.45) is 1.86. The highest BCUT2D eigenvalue weighted by Gasteiger charge is 2.29. The van der Waals surface area contributed by atoms with Gasteiger partial charge in [-0.1, -0.05) is 13.8 Å². The summed E-state index contributed by atoms with van der Waals surface area (Å²) in [5, 5.41) is 6.08. The zero-order chi connectivity index (χ0) is 15.9. The fraction of sp³-hybridized carbons (Fsp3) is 0.588. The molecule has 0 spiro atoms. The van der Waals surface area contributed by atoms with Crippen molar-refractivity contribution >= 4 is 11.6 Å². The van der Waals surface area contributed by atoms with E-state index in [4.69, 9.17) is 9.47 Å². The van der Waals surface area contributed by atoms with Gasteiger partial charge in [0.05, 0.1) is 18.8 Å². The summed E-state index contributed by atoms with van der Waals surface area (Å²) >= 11 is 0. The number of carbonyl (C=O) groups excluding carboxylic acids is 1. The zero-order valence-electron chi connectivity index (χ0n) is 13.6. The summed E-state index contributed by atoms with van der Waals surface area (Å²) in [4.78, 5) is 12.1. The number of nitrogens with one attached hydrogen (secondary N) is 2. The second kappa shape index (κ2) is 8.15. The van der Waals surface area contributed by atoms with Crippen LogP contribution in [0.15, 0.2) is 24.3 Å². The lowest BCUT2D eigenvalue weighted by atomic mass is 10.1. The Morgan fingerprint density at radius 1 is 1.36 bits per heavy atom. The van der Waals surface area contributed by atoms with E-state index in [0.29, 0.717) is 18.9 Å². The quantitative estimate of drug-likeness (QED) is 0.812. The van der Waals surface area contributed by atoms with E-state index in [1.807, 2.05) is 24.3 Å². The fourth-order valence-corrected chi connectivity index (χ4v) is 2.36. The van der Waals surface area contributed by atoms with Crippen molar-refractivity contribution in [3.63, 3.8) is 0 Å². The molecular weight excluding hydrogens is 280 g/mol. The van der Waals surface area contributed by atoms with Crippen LogP contribution in [0.3, 0.4) is 0 Å². The van der Waals surface area contributed by atoms with Crippen LogP contribution in [0.5, 0.6) is 5.75 Å². The molecule has 1 fully saturated rings. The second-order valence-electron chi connectivity index (χ2n) is 6.10. The van der Waals surface area contributed by atoms with Gasteiger partial charge in [0.25, 0.3) is 0 Å². The number of hydrogen-bond acceptors (Lipinski definition) is 4. The molecule has 1 amide bonds. The first-order valence-electron chi connectivity index (χ1n) is 7.88. The molecule has 0 bridgehead atoms. The van der Waals surface area contributed by atoms with E-state index in [9.17, 15) is 4.79 Å². The van der Waals surface area contributed by atoms with Gasteiger partial charge in [-0.05, 0) is 43.0 Å². The Bertz CT molecular complexity index is 473. The van der Waals surface area contributed by atoms with Gasteiger partial charge >= 0.3 is 0 Å². The highest BCUT2D eigenvalue weighted by Crippen LogP contribution is 2.18. The molecule has 1 aromatic rings. The van der Waals surface area contributed by atoms with E-state index in [-0.39, 0.29) is 18.1 Å². The molecule has 5 nitrogen and oxygen atoms in total. The molecule has 0 aromatic heterocycles. The van der Waals surface area contributed by atoms with Crippen LogP contribution in [0.25, 0.3) is 0 Å².